The zero-order valence-corrected chi connectivity index (χ0v) is 12.1. The molecule has 1 aromatic carbocycles. The maximum absolute atomic E-state index is 11.9. The van der Waals surface area contributed by atoms with Crippen LogP contribution in [0.15, 0.2) is 33.9 Å². The average molecular weight is 304 g/mol. The van der Waals surface area contributed by atoms with Gasteiger partial charge in [-0.25, -0.2) is 9.59 Å². The molecule has 0 fully saturated rings. The lowest BCUT2D eigenvalue weighted by molar-refractivity contribution is 0.262. The van der Waals surface area contributed by atoms with Gasteiger partial charge in [-0.2, -0.15) is 0 Å². The molecule has 1 aromatic heterocycles. The van der Waals surface area contributed by atoms with Gasteiger partial charge in [-0.1, -0.05) is 0 Å². The number of nitrogens with one attached hydrogen (secondary N) is 4. The second-order valence-corrected chi connectivity index (χ2v) is 4.44. The second-order valence-electron chi connectivity index (χ2n) is 4.44. The Kier molecular flexibility index (Phi) is 4.62. The number of carbonyl (C=O) groups is 1. The minimum absolute atomic E-state index is 0.0111. The summed E-state index contributed by atoms with van der Waals surface area (Å²) in [5.41, 5.74) is -0.485. The molecule has 0 aliphatic carbocycles. The molecular formula is C14H16N4O4. The van der Waals surface area contributed by atoms with Crippen LogP contribution in [0.4, 0.5) is 16.2 Å². The number of hydrogen-bond acceptors (Lipinski definition) is 4. The molecule has 1 heterocycles. The number of aryl methyl sites for hydroxylation is 1. The van der Waals surface area contributed by atoms with Gasteiger partial charge in [0.05, 0.1) is 6.61 Å². The molecule has 0 bridgehead atoms. The molecule has 0 spiro atoms. The van der Waals surface area contributed by atoms with Crippen molar-refractivity contribution in [3.8, 4) is 5.75 Å². The fraction of sp³-hybridized carbons (Fsp3) is 0.214. The third-order valence-corrected chi connectivity index (χ3v) is 2.79. The summed E-state index contributed by atoms with van der Waals surface area (Å²) >= 11 is 0. The Morgan fingerprint density at radius 3 is 2.41 bits per heavy atom. The summed E-state index contributed by atoms with van der Waals surface area (Å²) in [7, 11) is 0. The van der Waals surface area contributed by atoms with Crippen LogP contribution >= 0.6 is 0 Å². The number of H-pyrrole nitrogens is 2. The largest absolute Gasteiger partial charge is 0.494 e. The van der Waals surface area contributed by atoms with Gasteiger partial charge < -0.3 is 20.4 Å². The average Bonchev–Trinajstić information content (AvgIpc) is 2.45. The molecule has 2 amide bonds. The number of amides is 2. The first-order chi connectivity index (χ1) is 10.5. The molecule has 22 heavy (non-hydrogen) atoms. The van der Waals surface area contributed by atoms with Gasteiger partial charge in [0.2, 0.25) is 0 Å². The molecule has 0 aliphatic rings. The quantitative estimate of drug-likeness (QED) is 0.683. The van der Waals surface area contributed by atoms with E-state index in [4.69, 9.17) is 4.74 Å². The molecule has 0 saturated carbocycles. The molecule has 0 radical (unpaired) electrons. The van der Waals surface area contributed by atoms with Gasteiger partial charge in [0, 0.05) is 11.4 Å². The molecular weight excluding hydrogens is 288 g/mol. The number of hydrogen-bond donors (Lipinski definition) is 4. The highest BCUT2D eigenvalue weighted by Crippen LogP contribution is 2.15. The predicted molar refractivity (Wildman–Crippen MR) is 82.7 cm³/mol. The number of anilines is 2. The first kappa shape index (κ1) is 15.4. The van der Waals surface area contributed by atoms with Gasteiger partial charge in [-0.05, 0) is 38.1 Å². The van der Waals surface area contributed by atoms with E-state index in [9.17, 15) is 14.4 Å². The van der Waals surface area contributed by atoms with E-state index in [1.807, 2.05) is 11.9 Å². The minimum Gasteiger partial charge on any atom is -0.494 e. The van der Waals surface area contributed by atoms with Crippen LogP contribution < -0.4 is 26.6 Å². The van der Waals surface area contributed by atoms with Gasteiger partial charge in [-0.3, -0.25) is 9.78 Å². The molecule has 8 nitrogen and oxygen atoms in total. The van der Waals surface area contributed by atoms with Crippen LogP contribution in [-0.2, 0) is 0 Å². The molecule has 2 aromatic rings. The molecule has 0 saturated heterocycles. The summed E-state index contributed by atoms with van der Waals surface area (Å²) in [6.45, 7) is 3.95. The highest BCUT2D eigenvalue weighted by Gasteiger charge is 2.10. The summed E-state index contributed by atoms with van der Waals surface area (Å²) in [4.78, 5) is 39.0. The normalized spacial score (nSPS) is 10.1. The molecule has 2 rings (SSSR count). The van der Waals surface area contributed by atoms with Crippen LogP contribution in [0.1, 0.15) is 12.6 Å². The Morgan fingerprint density at radius 1 is 1.14 bits per heavy atom. The van der Waals surface area contributed by atoms with Crippen LogP contribution in [-0.4, -0.2) is 22.6 Å². The highest BCUT2D eigenvalue weighted by molar-refractivity contribution is 5.99. The number of rotatable bonds is 4. The van der Waals surface area contributed by atoms with Crippen LogP contribution in [0.5, 0.6) is 5.75 Å². The Hall–Kier alpha value is -3.03. The standard InChI is InChI=1S/C14H16N4O4/c1-3-22-10-6-4-9(5-7-10)16-14(21)17-11-8(2)15-13(20)18-12(11)19/h4-7H,3H2,1-2H3,(H2,16,17,21)(H2,15,18,19,20). The van der Waals surface area contributed by atoms with E-state index in [1.165, 1.54) is 6.92 Å². The third kappa shape index (κ3) is 3.75. The zero-order chi connectivity index (χ0) is 16.1. The molecule has 0 unspecified atom stereocenters. The topological polar surface area (TPSA) is 116 Å². The Bertz CT molecular complexity index is 777. The Morgan fingerprint density at radius 2 is 1.82 bits per heavy atom. The van der Waals surface area contributed by atoms with Crippen molar-refractivity contribution < 1.29 is 9.53 Å². The van der Waals surface area contributed by atoms with Gasteiger partial charge >= 0.3 is 11.7 Å². The van der Waals surface area contributed by atoms with E-state index in [0.717, 1.165) is 0 Å². The number of aromatic nitrogens is 2. The molecule has 4 N–H and O–H groups in total. The van der Waals surface area contributed by atoms with Gasteiger partial charge in [-0.15, -0.1) is 0 Å². The van der Waals surface area contributed by atoms with Crippen molar-refractivity contribution >= 4 is 17.4 Å². The number of aromatic amines is 2. The maximum Gasteiger partial charge on any atom is 0.326 e. The summed E-state index contributed by atoms with van der Waals surface area (Å²) in [6.07, 6.45) is 0. The van der Waals surface area contributed by atoms with Crippen LogP contribution in [0.3, 0.4) is 0 Å². The van der Waals surface area contributed by atoms with Crippen molar-refractivity contribution in [2.45, 2.75) is 13.8 Å². The van der Waals surface area contributed by atoms with E-state index in [2.05, 4.69) is 15.6 Å². The highest BCUT2D eigenvalue weighted by atomic mass is 16.5. The van der Waals surface area contributed by atoms with Crippen molar-refractivity contribution in [1.29, 1.82) is 0 Å². The summed E-state index contributed by atoms with van der Waals surface area (Å²) in [6, 6.07) is 6.20. The monoisotopic (exact) mass is 304 g/mol. The smallest absolute Gasteiger partial charge is 0.326 e. The van der Waals surface area contributed by atoms with Crippen LogP contribution in [0, 0.1) is 6.92 Å². The summed E-state index contributed by atoms with van der Waals surface area (Å²) in [5, 5.41) is 4.98. The lowest BCUT2D eigenvalue weighted by Crippen LogP contribution is -2.30. The van der Waals surface area contributed by atoms with E-state index >= 15 is 0 Å². The molecule has 0 aliphatic heterocycles. The van der Waals surface area contributed by atoms with Crippen LogP contribution in [0.25, 0.3) is 0 Å². The van der Waals surface area contributed by atoms with Crippen molar-refractivity contribution in [2.75, 3.05) is 17.2 Å². The van der Waals surface area contributed by atoms with E-state index in [-0.39, 0.29) is 11.4 Å². The SMILES string of the molecule is CCOc1ccc(NC(=O)Nc2c(C)[nH]c(=O)[nH]c2=O)cc1. The lowest BCUT2D eigenvalue weighted by Gasteiger charge is -2.09. The van der Waals surface area contributed by atoms with Crippen molar-refractivity contribution in [3.63, 3.8) is 0 Å². The molecule has 8 heteroatoms. The summed E-state index contributed by atoms with van der Waals surface area (Å²) in [5.74, 6) is 0.696. The van der Waals surface area contributed by atoms with Crippen molar-refractivity contribution in [1.82, 2.24) is 9.97 Å². The van der Waals surface area contributed by atoms with Crippen molar-refractivity contribution in [3.05, 3.63) is 50.8 Å². The number of ether oxygens (including phenoxy) is 1. The minimum atomic E-state index is -0.664. The maximum atomic E-state index is 11.9. The van der Waals surface area contributed by atoms with Gasteiger partial charge in [0.1, 0.15) is 11.4 Å². The fourth-order valence-corrected chi connectivity index (χ4v) is 1.83. The lowest BCUT2D eigenvalue weighted by atomic mass is 10.3. The zero-order valence-electron chi connectivity index (χ0n) is 12.1. The predicted octanol–water partition coefficient (Wildman–Crippen LogP) is 1.41. The van der Waals surface area contributed by atoms with E-state index in [1.54, 1.807) is 24.3 Å². The number of urea groups is 1. The van der Waals surface area contributed by atoms with Gasteiger partial charge in [0.25, 0.3) is 5.56 Å². The van der Waals surface area contributed by atoms with E-state index < -0.39 is 17.3 Å². The Labute approximate surface area is 125 Å². The Balaban J connectivity index is 2.07. The number of benzene rings is 1. The number of carbonyl (C=O) groups excluding carboxylic acids is 1. The summed E-state index contributed by atoms with van der Waals surface area (Å²) < 4.78 is 5.30. The molecule has 116 valence electrons. The third-order valence-electron chi connectivity index (χ3n) is 2.79. The fourth-order valence-electron chi connectivity index (χ4n) is 1.83. The van der Waals surface area contributed by atoms with Crippen LogP contribution in [0.2, 0.25) is 0 Å². The second kappa shape index (κ2) is 6.61. The first-order valence-corrected chi connectivity index (χ1v) is 6.63. The van der Waals surface area contributed by atoms with E-state index in [0.29, 0.717) is 18.0 Å². The molecule has 0 atom stereocenters. The van der Waals surface area contributed by atoms with Crippen molar-refractivity contribution in [2.24, 2.45) is 0 Å². The van der Waals surface area contributed by atoms with Gasteiger partial charge in [0.15, 0.2) is 0 Å². The first-order valence-electron chi connectivity index (χ1n) is 6.63.